The second-order valence-electron chi connectivity index (χ2n) is 4.29. The van der Waals surface area contributed by atoms with Crippen molar-refractivity contribution in [1.29, 1.82) is 0 Å². The number of hydrogen-bond acceptors (Lipinski definition) is 3. The number of benzene rings is 2. The maximum absolute atomic E-state index is 13.0. The number of nitrogens with two attached hydrogens (primary N) is 1. The van der Waals surface area contributed by atoms with Crippen LogP contribution in [-0.2, 0) is 5.75 Å². The first-order valence-electron chi connectivity index (χ1n) is 5.91. The minimum absolute atomic E-state index is 0.310. The molecule has 2 aromatic carbocycles. The zero-order chi connectivity index (χ0) is 13.8. The van der Waals surface area contributed by atoms with Crippen molar-refractivity contribution in [1.82, 2.24) is 0 Å². The molecule has 0 aliphatic heterocycles. The normalized spacial score (nSPS) is 10.5. The molecule has 2 nitrogen and oxygen atoms in total. The monoisotopic (exact) mass is 277 g/mol. The van der Waals surface area contributed by atoms with E-state index >= 15 is 0 Å². The molecule has 19 heavy (non-hydrogen) atoms. The fourth-order valence-electron chi connectivity index (χ4n) is 1.83. The Morgan fingerprint density at radius 3 is 2.68 bits per heavy atom. The average molecular weight is 277 g/mol. The maximum atomic E-state index is 13.0. The lowest BCUT2D eigenvalue weighted by molar-refractivity contribution is 0.411. The zero-order valence-electron chi connectivity index (χ0n) is 10.9. The van der Waals surface area contributed by atoms with Crippen LogP contribution >= 0.6 is 11.8 Å². The van der Waals surface area contributed by atoms with E-state index in [9.17, 15) is 4.39 Å². The Hall–Kier alpha value is -1.68. The standard InChI is InChI=1S/C15H16FNOS/c1-10-3-5-14(18-2)11(7-10)9-19-15-6-4-12(16)8-13(15)17/h3-8H,9,17H2,1-2H3. The Balaban J connectivity index is 2.16. The highest BCUT2D eigenvalue weighted by Crippen LogP contribution is 2.32. The molecule has 0 radical (unpaired) electrons. The van der Waals surface area contributed by atoms with Crippen molar-refractivity contribution < 1.29 is 9.13 Å². The molecule has 0 fully saturated rings. The van der Waals surface area contributed by atoms with Gasteiger partial charge in [0.2, 0.25) is 0 Å². The highest BCUT2D eigenvalue weighted by atomic mass is 32.2. The van der Waals surface area contributed by atoms with Crippen LogP contribution in [0.3, 0.4) is 0 Å². The smallest absolute Gasteiger partial charge is 0.125 e. The first kappa shape index (κ1) is 13.7. The molecule has 2 rings (SSSR count). The van der Waals surface area contributed by atoms with Crippen molar-refractivity contribution in [2.24, 2.45) is 0 Å². The van der Waals surface area contributed by atoms with Crippen molar-refractivity contribution in [3.63, 3.8) is 0 Å². The number of anilines is 1. The van der Waals surface area contributed by atoms with Crippen LogP contribution < -0.4 is 10.5 Å². The third kappa shape index (κ3) is 3.41. The number of methoxy groups -OCH3 is 1. The third-order valence-electron chi connectivity index (χ3n) is 2.79. The number of ether oxygens (including phenoxy) is 1. The fraction of sp³-hybridized carbons (Fsp3) is 0.200. The summed E-state index contributed by atoms with van der Waals surface area (Å²) in [6.07, 6.45) is 0. The minimum atomic E-state index is -0.310. The summed E-state index contributed by atoms with van der Waals surface area (Å²) in [6.45, 7) is 2.04. The van der Waals surface area contributed by atoms with E-state index in [2.05, 4.69) is 6.07 Å². The van der Waals surface area contributed by atoms with Crippen LogP contribution in [0, 0.1) is 12.7 Å². The summed E-state index contributed by atoms with van der Waals surface area (Å²) in [4.78, 5) is 0.880. The predicted molar refractivity (Wildman–Crippen MR) is 78.1 cm³/mol. The summed E-state index contributed by atoms with van der Waals surface area (Å²) in [6, 6.07) is 10.5. The largest absolute Gasteiger partial charge is 0.496 e. The van der Waals surface area contributed by atoms with Gasteiger partial charge in [0.1, 0.15) is 11.6 Å². The summed E-state index contributed by atoms with van der Waals surface area (Å²) in [5.74, 6) is 1.29. The summed E-state index contributed by atoms with van der Waals surface area (Å²) in [5.41, 5.74) is 8.55. The summed E-state index contributed by atoms with van der Waals surface area (Å²) >= 11 is 1.58. The molecule has 0 spiro atoms. The van der Waals surface area contributed by atoms with Crippen LogP contribution in [0.15, 0.2) is 41.3 Å². The predicted octanol–water partition coefficient (Wildman–Crippen LogP) is 4.02. The highest BCUT2D eigenvalue weighted by molar-refractivity contribution is 7.98. The average Bonchev–Trinajstić information content (AvgIpc) is 2.38. The number of thioether (sulfide) groups is 1. The van der Waals surface area contributed by atoms with Gasteiger partial charge in [0.25, 0.3) is 0 Å². The molecule has 0 unspecified atom stereocenters. The molecule has 0 atom stereocenters. The number of nitrogen functional groups attached to an aromatic ring is 1. The second-order valence-corrected chi connectivity index (χ2v) is 5.30. The lowest BCUT2D eigenvalue weighted by Gasteiger charge is -2.10. The molecule has 100 valence electrons. The summed E-state index contributed by atoms with van der Waals surface area (Å²) in [5, 5.41) is 0. The van der Waals surface area contributed by atoms with E-state index in [4.69, 9.17) is 10.5 Å². The van der Waals surface area contributed by atoms with Crippen LogP contribution in [0.5, 0.6) is 5.75 Å². The second kappa shape index (κ2) is 5.97. The first-order chi connectivity index (χ1) is 9.10. The molecule has 0 aliphatic carbocycles. The van der Waals surface area contributed by atoms with E-state index in [1.54, 1.807) is 24.9 Å². The molecular formula is C15H16FNOS. The van der Waals surface area contributed by atoms with Gasteiger partial charge in [-0.1, -0.05) is 17.7 Å². The Labute approximate surface area is 116 Å². The maximum Gasteiger partial charge on any atom is 0.125 e. The van der Waals surface area contributed by atoms with E-state index < -0.39 is 0 Å². The number of aryl methyl sites for hydroxylation is 1. The zero-order valence-corrected chi connectivity index (χ0v) is 11.8. The van der Waals surface area contributed by atoms with E-state index in [0.29, 0.717) is 5.69 Å². The molecule has 0 bridgehead atoms. The van der Waals surface area contributed by atoms with Gasteiger partial charge in [0.05, 0.1) is 7.11 Å². The van der Waals surface area contributed by atoms with Crippen molar-refractivity contribution >= 4 is 17.4 Å². The van der Waals surface area contributed by atoms with Crippen LogP contribution in [-0.4, -0.2) is 7.11 Å². The van der Waals surface area contributed by atoms with Gasteiger partial charge >= 0.3 is 0 Å². The quantitative estimate of drug-likeness (QED) is 0.677. The van der Waals surface area contributed by atoms with E-state index in [1.807, 2.05) is 19.1 Å². The fourth-order valence-corrected chi connectivity index (χ4v) is 2.75. The first-order valence-corrected chi connectivity index (χ1v) is 6.90. The lowest BCUT2D eigenvalue weighted by atomic mass is 10.1. The van der Waals surface area contributed by atoms with Gasteiger partial charge in [0, 0.05) is 21.9 Å². The van der Waals surface area contributed by atoms with Crippen molar-refractivity contribution in [3.8, 4) is 5.75 Å². The molecule has 0 saturated heterocycles. The van der Waals surface area contributed by atoms with Crippen LogP contribution in [0.1, 0.15) is 11.1 Å². The number of hydrogen-bond donors (Lipinski definition) is 1. The van der Waals surface area contributed by atoms with Gasteiger partial charge < -0.3 is 10.5 Å². The van der Waals surface area contributed by atoms with Crippen LogP contribution in [0.4, 0.5) is 10.1 Å². The van der Waals surface area contributed by atoms with E-state index in [0.717, 1.165) is 22.0 Å². The molecule has 0 aliphatic rings. The third-order valence-corrected chi connectivity index (χ3v) is 3.93. The molecule has 4 heteroatoms. The molecular weight excluding hydrogens is 261 g/mol. The molecule has 0 saturated carbocycles. The van der Waals surface area contributed by atoms with Crippen LogP contribution in [0.2, 0.25) is 0 Å². The lowest BCUT2D eigenvalue weighted by Crippen LogP contribution is -1.93. The van der Waals surface area contributed by atoms with Crippen molar-refractivity contribution in [2.45, 2.75) is 17.6 Å². The van der Waals surface area contributed by atoms with Crippen molar-refractivity contribution in [3.05, 3.63) is 53.3 Å². The Bertz CT molecular complexity index is 586. The molecule has 2 N–H and O–H groups in total. The Morgan fingerprint density at radius 1 is 1.21 bits per heavy atom. The Morgan fingerprint density at radius 2 is 2.00 bits per heavy atom. The topological polar surface area (TPSA) is 35.2 Å². The SMILES string of the molecule is COc1ccc(C)cc1CSc1ccc(F)cc1N. The van der Waals surface area contributed by atoms with Crippen molar-refractivity contribution in [2.75, 3.05) is 12.8 Å². The molecule has 2 aromatic rings. The van der Waals surface area contributed by atoms with Gasteiger partial charge in [0.15, 0.2) is 0 Å². The Kier molecular flexibility index (Phi) is 4.32. The highest BCUT2D eigenvalue weighted by Gasteiger charge is 2.06. The van der Waals surface area contributed by atoms with Gasteiger partial charge in [-0.15, -0.1) is 11.8 Å². The van der Waals surface area contributed by atoms with Crippen LogP contribution in [0.25, 0.3) is 0 Å². The van der Waals surface area contributed by atoms with Gasteiger partial charge in [-0.2, -0.15) is 0 Å². The minimum Gasteiger partial charge on any atom is -0.496 e. The number of rotatable bonds is 4. The molecule has 0 aromatic heterocycles. The van der Waals surface area contributed by atoms with E-state index in [-0.39, 0.29) is 5.82 Å². The summed E-state index contributed by atoms with van der Waals surface area (Å²) in [7, 11) is 1.66. The van der Waals surface area contributed by atoms with Gasteiger partial charge in [-0.25, -0.2) is 4.39 Å². The molecule has 0 heterocycles. The van der Waals surface area contributed by atoms with E-state index in [1.165, 1.54) is 17.7 Å². The number of halogens is 1. The van der Waals surface area contributed by atoms with Gasteiger partial charge in [-0.3, -0.25) is 0 Å². The van der Waals surface area contributed by atoms with Gasteiger partial charge in [-0.05, 0) is 31.2 Å². The summed E-state index contributed by atoms with van der Waals surface area (Å²) < 4.78 is 18.3. The molecule has 0 amide bonds.